The number of amides is 3. The lowest BCUT2D eigenvalue weighted by atomic mass is 9.75. The normalized spacial score (nSPS) is 30.3. The first-order valence-electron chi connectivity index (χ1n) is 11.3. The summed E-state index contributed by atoms with van der Waals surface area (Å²) in [4.78, 5) is 45.0. The van der Waals surface area contributed by atoms with E-state index in [9.17, 15) is 14.4 Å². The molecule has 1 spiro atoms. The first-order valence-corrected chi connectivity index (χ1v) is 12.1. The van der Waals surface area contributed by atoms with Gasteiger partial charge in [-0.05, 0) is 60.5 Å². The maximum absolute atomic E-state index is 14.1. The van der Waals surface area contributed by atoms with Crippen molar-refractivity contribution in [2.75, 3.05) is 16.8 Å². The maximum atomic E-state index is 14.1. The van der Waals surface area contributed by atoms with Crippen LogP contribution in [0.25, 0.3) is 10.8 Å². The Balaban J connectivity index is 1.42. The summed E-state index contributed by atoms with van der Waals surface area (Å²) in [6.07, 6.45) is 1.72. The molecule has 0 aliphatic carbocycles. The van der Waals surface area contributed by atoms with Crippen molar-refractivity contribution in [3.05, 3.63) is 70.7 Å². The standard InChI is InChI=1S/C26H20BrN3O3/c27-16-8-10-19-18(13-16)26(25(33)28-19)22-21(20-6-3-11-29(20)26)23(31)30(24(22)32)17-9-7-14-4-1-2-5-15(14)12-17/h1-2,4-5,7-10,12-13,20-22H,3,6,11H2,(H,28,33)/t20-,21+,22-,26-/m0/s1. The molecule has 164 valence electrons. The Hall–Kier alpha value is -3.03. The van der Waals surface area contributed by atoms with Gasteiger partial charge in [-0.3, -0.25) is 19.3 Å². The Bertz CT molecular complexity index is 1400. The number of nitrogens with one attached hydrogen (secondary N) is 1. The number of hydrogen-bond donors (Lipinski definition) is 1. The number of fused-ring (bicyclic) bond motifs is 8. The molecule has 3 amide bonds. The molecule has 0 unspecified atom stereocenters. The van der Waals surface area contributed by atoms with E-state index in [1.807, 2.05) is 60.7 Å². The van der Waals surface area contributed by atoms with E-state index in [-0.39, 0.29) is 23.8 Å². The van der Waals surface area contributed by atoms with Gasteiger partial charge in [0.1, 0.15) is 5.54 Å². The van der Waals surface area contributed by atoms with Crippen molar-refractivity contribution in [1.82, 2.24) is 4.90 Å². The predicted molar refractivity (Wildman–Crippen MR) is 128 cm³/mol. The van der Waals surface area contributed by atoms with Crippen molar-refractivity contribution in [3.63, 3.8) is 0 Å². The minimum Gasteiger partial charge on any atom is -0.324 e. The highest BCUT2D eigenvalue weighted by Crippen LogP contribution is 2.60. The van der Waals surface area contributed by atoms with Crippen molar-refractivity contribution in [3.8, 4) is 0 Å². The number of imide groups is 1. The lowest BCUT2D eigenvalue weighted by molar-refractivity contribution is -0.135. The van der Waals surface area contributed by atoms with Gasteiger partial charge in [-0.2, -0.15) is 0 Å². The zero-order chi connectivity index (χ0) is 22.5. The predicted octanol–water partition coefficient (Wildman–Crippen LogP) is 4.03. The summed E-state index contributed by atoms with van der Waals surface area (Å²) in [5.74, 6) is -1.93. The second-order valence-electron chi connectivity index (χ2n) is 9.36. The quantitative estimate of drug-likeness (QED) is 0.511. The molecule has 3 aromatic carbocycles. The molecule has 4 aliphatic heterocycles. The van der Waals surface area contributed by atoms with Crippen LogP contribution >= 0.6 is 15.9 Å². The van der Waals surface area contributed by atoms with Crippen LogP contribution in [0, 0.1) is 11.8 Å². The van der Waals surface area contributed by atoms with Crippen LogP contribution in [0.2, 0.25) is 0 Å². The number of rotatable bonds is 1. The first-order chi connectivity index (χ1) is 16.0. The van der Waals surface area contributed by atoms with Gasteiger partial charge < -0.3 is 5.32 Å². The van der Waals surface area contributed by atoms with E-state index in [1.54, 1.807) is 0 Å². The van der Waals surface area contributed by atoms with Gasteiger partial charge in [0.05, 0.1) is 17.5 Å². The Kier molecular flexibility index (Phi) is 3.84. The Morgan fingerprint density at radius 1 is 0.939 bits per heavy atom. The van der Waals surface area contributed by atoms with E-state index < -0.39 is 17.4 Å². The molecular weight excluding hydrogens is 482 g/mol. The summed E-state index contributed by atoms with van der Waals surface area (Å²) >= 11 is 3.54. The number of carbonyl (C=O) groups excluding carboxylic acids is 3. The highest BCUT2D eigenvalue weighted by molar-refractivity contribution is 9.10. The fraction of sp³-hybridized carbons (Fsp3) is 0.269. The minimum absolute atomic E-state index is 0.118. The summed E-state index contributed by atoms with van der Waals surface area (Å²) < 4.78 is 0.847. The average Bonchev–Trinajstić information content (AvgIpc) is 3.52. The lowest BCUT2D eigenvalue weighted by Crippen LogP contribution is -2.54. The highest BCUT2D eigenvalue weighted by Gasteiger charge is 2.74. The second-order valence-corrected chi connectivity index (χ2v) is 10.3. The molecule has 0 bridgehead atoms. The molecule has 0 radical (unpaired) electrons. The summed E-state index contributed by atoms with van der Waals surface area (Å²) in [5.41, 5.74) is 0.941. The average molecular weight is 502 g/mol. The molecular formula is C26H20BrN3O3. The number of halogens is 1. The van der Waals surface area contributed by atoms with Crippen LogP contribution in [-0.2, 0) is 19.9 Å². The SMILES string of the molecule is O=C1[C@H]2[C@@H](C(=O)N1c1ccc3ccccc3c1)[C@@]1(C(=O)Nc3ccc(Br)cc31)N1CCC[C@@H]21. The van der Waals surface area contributed by atoms with Crippen LogP contribution in [0.15, 0.2) is 65.1 Å². The lowest BCUT2D eigenvalue weighted by Gasteiger charge is -2.36. The Morgan fingerprint density at radius 3 is 2.61 bits per heavy atom. The van der Waals surface area contributed by atoms with Gasteiger partial charge in [-0.1, -0.05) is 46.3 Å². The highest BCUT2D eigenvalue weighted by atomic mass is 79.9. The van der Waals surface area contributed by atoms with Gasteiger partial charge in [-0.15, -0.1) is 0 Å². The maximum Gasteiger partial charge on any atom is 0.250 e. The van der Waals surface area contributed by atoms with Gasteiger partial charge in [0.2, 0.25) is 17.7 Å². The molecule has 4 aliphatic rings. The monoisotopic (exact) mass is 501 g/mol. The molecule has 7 rings (SSSR count). The largest absolute Gasteiger partial charge is 0.324 e. The Labute approximate surface area is 198 Å². The van der Waals surface area contributed by atoms with E-state index in [0.717, 1.165) is 39.3 Å². The summed E-state index contributed by atoms with van der Waals surface area (Å²) in [7, 11) is 0. The number of benzene rings is 3. The van der Waals surface area contributed by atoms with E-state index in [4.69, 9.17) is 0 Å². The third kappa shape index (κ3) is 2.29. The fourth-order valence-electron chi connectivity index (χ4n) is 6.75. The van der Waals surface area contributed by atoms with Crippen molar-refractivity contribution in [2.45, 2.75) is 24.4 Å². The summed E-state index contributed by atoms with van der Waals surface area (Å²) in [6.45, 7) is 0.702. The van der Waals surface area contributed by atoms with Crippen LogP contribution < -0.4 is 10.2 Å². The second kappa shape index (κ2) is 6.52. The molecule has 0 aromatic heterocycles. The van der Waals surface area contributed by atoms with E-state index >= 15 is 0 Å². The molecule has 3 aromatic rings. The molecule has 7 heteroatoms. The van der Waals surface area contributed by atoms with Gasteiger partial charge >= 0.3 is 0 Å². The van der Waals surface area contributed by atoms with Crippen molar-refractivity contribution in [1.29, 1.82) is 0 Å². The number of hydrogen-bond acceptors (Lipinski definition) is 4. The number of nitrogens with zero attached hydrogens (tertiary/aromatic N) is 2. The molecule has 4 atom stereocenters. The minimum atomic E-state index is -1.15. The smallest absolute Gasteiger partial charge is 0.250 e. The van der Waals surface area contributed by atoms with Crippen LogP contribution in [0.5, 0.6) is 0 Å². The van der Waals surface area contributed by atoms with Crippen LogP contribution in [0.3, 0.4) is 0 Å². The topological polar surface area (TPSA) is 69.7 Å². The van der Waals surface area contributed by atoms with Crippen LogP contribution in [0.4, 0.5) is 11.4 Å². The third-order valence-corrected chi connectivity index (χ3v) is 8.44. The number of anilines is 2. The molecule has 33 heavy (non-hydrogen) atoms. The summed E-state index contributed by atoms with van der Waals surface area (Å²) in [6, 6.07) is 19.1. The van der Waals surface area contributed by atoms with Gasteiger partial charge in [0.15, 0.2) is 0 Å². The summed E-state index contributed by atoms with van der Waals surface area (Å²) in [5, 5.41) is 5.03. The van der Waals surface area contributed by atoms with E-state index in [1.165, 1.54) is 4.90 Å². The third-order valence-electron chi connectivity index (χ3n) is 7.95. The molecule has 0 saturated carbocycles. The number of carbonyl (C=O) groups is 3. The van der Waals surface area contributed by atoms with E-state index in [2.05, 4.69) is 26.1 Å². The van der Waals surface area contributed by atoms with Gasteiger partial charge in [0, 0.05) is 21.8 Å². The first kappa shape index (κ1) is 19.4. The zero-order valence-corrected chi connectivity index (χ0v) is 19.2. The molecule has 6 nitrogen and oxygen atoms in total. The molecule has 3 saturated heterocycles. The van der Waals surface area contributed by atoms with Gasteiger partial charge in [0.25, 0.3) is 0 Å². The molecule has 1 N–H and O–H groups in total. The van der Waals surface area contributed by atoms with E-state index in [0.29, 0.717) is 12.2 Å². The zero-order valence-electron chi connectivity index (χ0n) is 17.6. The van der Waals surface area contributed by atoms with Crippen molar-refractivity contribution < 1.29 is 14.4 Å². The van der Waals surface area contributed by atoms with Crippen molar-refractivity contribution in [2.24, 2.45) is 11.8 Å². The molecule has 3 fully saturated rings. The van der Waals surface area contributed by atoms with Crippen molar-refractivity contribution >= 4 is 55.8 Å². The van der Waals surface area contributed by atoms with Crippen LogP contribution in [-0.4, -0.2) is 35.2 Å². The Morgan fingerprint density at radius 2 is 1.76 bits per heavy atom. The van der Waals surface area contributed by atoms with Crippen LogP contribution in [0.1, 0.15) is 18.4 Å². The van der Waals surface area contributed by atoms with Gasteiger partial charge in [-0.25, -0.2) is 4.90 Å². The fourth-order valence-corrected chi connectivity index (χ4v) is 7.11. The molecule has 4 heterocycles.